The van der Waals surface area contributed by atoms with Crippen molar-refractivity contribution in [2.24, 2.45) is 11.5 Å². The van der Waals surface area contributed by atoms with E-state index in [0.717, 1.165) is 31.3 Å². The summed E-state index contributed by atoms with van der Waals surface area (Å²) in [6, 6.07) is 0.231. The fourth-order valence-electron chi connectivity index (χ4n) is 1.46. The van der Waals surface area contributed by atoms with Gasteiger partial charge in [-0.05, 0) is 25.7 Å². The van der Waals surface area contributed by atoms with E-state index in [-0.39, 0.29) is 11.9 Å². The van der Waals surface area contributed by atoms with E-state index >= 15 is 0 Å². The van der Waals surface area contributed by atoms with Crippen LogP contribution in [0, 0.1) is 0 Å². The second-order valence-electron chi connectivity index (χ2n) is 3.06. The zero-order valence-corrected chi connectivity index (χ0v) is 6.55. The van der Waals surface area contributed by atoms with Crippen molar-refractivity contribution in [2.45, 2.75) is 31.7 Å². The quantitative estimate of drug-likeness (QED) is 0.533. The average Bonchev–Trinajstić information content (AvgIpc) is 1.85. The van der Waals surface area contributed by atoms with Gasteiger partial charge in [0.15, 0.2) is 0 Å². The summed E-state index contributed by atoms with van der Waals surface area (Å²) < 4.78 is 0. The van der Waals surface area contributed by atoms with Crippen LogP contribution in [0.1, 0.15) is 25.7 Å². The number of nitrogens with two attached hydrogens (primary N) is 2. The van der Waals surface area contributed by atoms with Gasteiger partial charge in [0.2, 0.25) is 5.91 Å². The fraction of sp³-hybridized carbons (Fsp3) is 0.625. The van der Waals surface area contributed by atoms with Gasteiger partial charge < -0.3 is 11.5 Å². The molecule has 1 aliphatic carbocycles. The summed E-state index contributed by atoms with van der Waals surface area (Å²) in [6.07, 6.45) is 5.48. The van der Waals surface area contributed by atoms with E-state index in [9.17, 15) is 4.79 Å². The molecular weight excluding hydrogens is 140 g/mol. The zero-order valence-electron chi connectivity index (χ0n) is 6.55. The lowest BCUT2D eigenvalue weighted by atomic mass is 9.91. The van der Waals surface area contributed by atoms with Gasteiger partial charge in [-0.1, -0.05) is 5.57 Å². The molecule has 3 nitrogen and oxygen atoms in total. The predicted molar refractivity (Wildman–Crippen MR) is 43.7 cm³/mol. The minimum absolute atomic E-state index is 0.231. The monoisotopic (exact) mass is 154 g/mol. The first-order chi connectivity index (χ1) is 5.18. The standard InChI is InChI=1S/C8H14N2O/c9-7-3-1-2-6(4-7)5-8(10)11/h5,7H,1-4,9H2,(H2,10,11)/b6-5+. The van der Waals surface area contributed by atoms with Gasteiger partial charge >= 0.3 is 0 Å². The van der Waals surface area contributed by atoms with Gasteiger partial charge in [-0.3, -0.25) is 4.79 Å². The van der Waals surface area contributed by atoms with E-state index in [1.54, 1.807) is 0 Å². The van der Waals surface area contributed by atoms with Gasteiger partial charge in [-0.25, -0.2) is 0 Å². The van der Waals surface area contributed by atoms with Gasteiger partial charge in [-0.15, -0.1) is 0 Å². The SMILES string of the molecule is NC(=O)/C=C1\CCCC(N)C1. The lowest BCUT2D eigenvalue weighted by molar-refractivity contribution is -0.113. The smallest absolute Gasteiger partial charge is 0.241 e. The molecule has 1 rings (SSSR count). The highest BCUT2D eigenvalue weighted by Gasteiger charge is 2.12. The number of rotatable bonds is 1. The number of carbonyl (C=O) groups is 1. The highest BCUT2D eigenvalue weighted by Crippen LogP contribution is 2.21. The van der Waals surface area contributed by atoms with Crippen molar-refractivity contribution in [3.8, 4) is 0 Å². The number of primary amides is 1. The van der Waals surface area contributed by atoms with Crippen molar-refractivity contribution in [2.75, 3.05) is 0 Å². The van der Waals surface area contributed by atoms with E-state index in [4.69, 9.17) is 11.5 Å². The maximum atomic E-state index is 10.5. The molecule has 4 N–H and O–H groups in total. The Morgan fingerprint density at radius 3 is 2.91 bits per heavy atom. The van der Waals surface area contributed by atoms with Crippen molar-refractivity contribution in [3.63, 3.8) is 0 Å². The van der Waals surface area contributed by atoms with Crippen LogP contribution in [0.2, 0.25) is 0 Å². The minimum atomic E-state index is -0.353. The average molecular weight is 154 g/mol. The third kappa shape index (κ3) is 2.72. The van der Waals surface area contributed by atoms with Crippen molar-refractivity contribution in [3.05, 3.63) is 11.6 Å². The van der Waals surface area contributed by atoms with Crippen molar-refractivity contribution < 1.29 is 4.79 Å². The van der Waals surface area contributed by atoms with Gasteiger partial charge in [0.25, 0.3) is 0 Å². The van der Waals surface area contributed by atoms with E-state index in [0.29, 0.717) is 0 Å². The molecule has 1 atom stereocenters. The van der Waals surface area contributed by atoms with Crippen molar-refractivity contribution in [1.82, 2.24) is 0 Å². The first-order valence-electron chi connectivity index (χ1n) is 3.93. The van der Waals surface area contributed by atoms with Crippen LogP contribution in [0.15, 0.2) is 11.6 Å². The molecular formula is C8H14N2O. The van der Waals surface area contributed by atoms with Crippen LogP contribution in [0.25, 0.3) is 0 Å². The largest absolute Gasteiger partial charge is 0.366 e. The van der Waals surface area contributed by atoms with Gasteiger partial charge in [0.1, 0.15) is 0 Å². The normalized spacial score (nSPS) is 28.8. The summed E-state index contributed by atoms with van der Waals surface area (Å²) in [5, 5.41) is 0. The Kier molecular flexibility index (Phi) is 2.65. The maximum Gasteiger partial charge on any atom is 0.241 e. The van der Waals surface area contributed by atoms with Crippen LogP contribution in [-0.2, 0) is 4.79 Å². The molecule has 1 aliphatic rings. The number of carbonyl (C=O) groups excluding carboxylic acids is 1. The Bertz CT molecular complexity index is 187. The molecule has 3 heteroatoms. The summed E-state index contributed by atoms with van der Waals surface area (Å²) in [5.41, 5.74) is 11.8. The topological polar surface area (TPSA) is 69.1 Å². The summed E-state index contributed by atoms with van der Waals surface area (Å²) >= 11 is 0. The van der Waals surface area contributed by atoms with Crippen LogP contribution < -0.4 is 11.5 Å². The highest BCUT2D eigenvalue weighted by atomic mass is 16.1. The van der Waals surface area contributed by atoms with Crippen LogP contribution in [0.5, 0.6) is 0 Å². The van der Waals surface area contributed by atoms with Crippen LogP contribution in [-0.4, -0.2) is 11.9 Å². The first kappa shape index (κ1) is 8.27. The molecule has 0 aliphatic heterocycles. The third-order valence-corrected chi connectivity index (χ3v) is 1.94. The number of hydrogen-bond donors (Lipinski definition) is 2. The van der Waals surface area contributed by atoms with Gasteiger partial charge in [0, 0.05) is 12.1 Å². The molecule has 0 bridgehead atoms. The Balaban J connectivity index is 2.52. The summed E-state index contributed by atoms with van der Waals surface area (Å²) in [7, 11) is 0. The molecule has 0 aromatic heterocycles. The van der Waals surface area contributed by atoms with Crippen molar-refractivity contribution >= 4 is 5.91 Å². The minimum Gasteiger partial charge on any atom is -0.366 e. The van der Waals surface area contributed by atoms with Gasteiger partial charge in [0.05, 0.1) is 0 Å². The second-order valence-corrected chi connectivity index (χ2v) is 3.06. The Labute approximate surface area is 66.4 Å². The Hall–Kier alpha value is -0.830. The lowest BCUT2D eigenvalue weighted by Crippen LogP contribution is -2.24. The molecule has 62 valence electrons. The molecule has 0 heterocycles. The molecule has 0 spiro atoms. The summed E-state index contributed by atoms with van der Waals surface area (Å²) in [4.78, 5) is 10.5. The molecule has 1 amide bonds. The first-order valence-corrected chi connectivity index (χ1v) is 3.93. The van der Waals surface area contributed by atoms with E-state index in [1.165, 1.54) is 6.08 Å². The molecule has 1 unspecified atom stereocenters. The van der Waals surface area contributed by atoms with E-state index in [1.807, 2.05) is 0 Å². The van der Waals surface area contributed by atoms with Crippen molar-refractivity contribution in [1.29, 1.82) is 0 Å². The summed E-state index contributed by atoms with van der Waals surface area (Å²) in [6.45, 7) is 0. The molecule has 0 radical (unpaired) electrons. The predicted octanol–water partition coefficient (Wildman–Crippen LogP) is 0.299. The van der Waals surface area contributed by atoms with Crippen LogP contribution >= 0.6 is 0 Å². The molecule has 0 aromatic rings. The number of amides is 1. The van der Waals surface area contributed by atoms with Crippen LogP contribution in [0.3, 0.4) is 0 Å². The summed E-state index contributed by atoms with van der Waals surface area (Å²) in [5.74, 6) is -0.353. The van der Waals surface area contributed by atoms with E-state index in [2.05, 4.69) is 0 Å². The zero-order chi connectivity index (χ0) is 8.27. The maximum absolute atomic E-state index is 10.5. The third-order valence-electron chi connectivity index (χ3n) is 1.94. The number of hydrogen-bond acceptors (Lipinski definition) is 2. The van der Waals surface area contributed by atoms with Gasteiger partial charge in [-0.2, -0.15) is 0 Å². The Morgan fingerprint density at radius 2 is 2.36 bits per heavy atom. The van der Waals surface area contributed by atoms with E-state index < -0.39 is 0 Å². The fourth-order valence-corrected chi connectivity index (χ4v) is 1.46. The molecule has 0 aromatic carbocycles. The molecule has 11 heavy (non-hydrogen) atoms. The highest BCUT2D eigenvalue weighted by molar-refractivity contribution is 5.86. The molecule has 1 fully saturated rings. The second kappa shape index (κ2) is 3.53. The lowest BCUT2D eigenvalue weighted by Gasteiger charge is -2.19. The molecule has 1 saturated carbocycles. The Morgan fingerprint density at radius 1 is 1.64 bits per heavy atom. The molecule has 0 saturated heterocycles. The van der Waals surface area contributed by atoms with Crippen LogP contribution in [0.4, 0.5) is 0 Å².